The molecule has 21 heavy (non-hydrogen) atoms. The number of hydrogen-bond donors (Lipinski definition) is 3. The number of alkyl halides is 3. The quantitative estimate of drug-likeness (QED) is 0.764. The highest BCUT2D eigenvalue weighted by Gasteiger charge is 2.30. The van der Waals surface area contributed by atoms with Crippen molar-refractivity contribution in [3.63, 3.8) is 0 Å². The van der Waals surface area contributed by atoms with Gasteiger partial charge in [0.15, 0.2) is 0 Å². The first-order valence-electron chi connectivity index (χ1n) is 5.81. The van der Waals surface area contributed by atoms with Gasteiger partial charge in [-0.15, -0.1) is 11.3 Å². The van der Waals surface area contributed by atoms with Gasteiger partial charge >= 0.3 is 6.18 Å². The fraction of sp³-hybridized carbons (Fsp3) is 0.500. The molecule has 0 radical (unpaired) electrons. The maximum absolute atomic E-state index is 12.0. The average molecular weight is 340 g/mol. The molecule has 3 N–H and O–H groups in total. The van der Waals surface area contributed by atoms with Crippen LogP contribution in [0.15, 0.2) is 0 Å². The standard InChI is InChI=1S/C10H11F3N4O2S2/c11-10(12,13)5-16-21(18,19)17-9-7(3-14)6-1-2-15-4-8(6)20-9/h15-17H,1-2,4-5H2. The molecule has 1 aliphatic heterocycles. The zero-order valence-corrected chi connectivity index (χ0v) is 12.2. The number of anilines is 1. The minimum absolute atomic E-state index is 0.0425. The number of fused-ring (bicyclic) bond motifs is 1. The van der Waals surface area contributed by atoms with Crippen LogP contribution in [0.2, 0.25) is 0 Å². The minimum Gasteiger partial charge on any atom is -0.312 e. The number of nitrogens with one attached hydrogen (secondary N) is 3. The molecule has 0 spiro atoms. The van der Waals surface area contributed by atoms with Crippen LogP contribution in [0.4, 0.5) is 18.2 Å². The average Bonchev–Trinajstić information content (AvgIpc) is 2.72. The largest absolute Gasteiger partial charge is 0.402 e. The van der Waals surface area contributed by atoms with E-state index >= 15 is 0 Å². The van der Waals surface area contributed by atoms with E-state index in [-0.39, 0.29) is 10.6 Å². The van der Waals surface area contributed by atoms with E-state index in [4.69, 9.17) is 5.26 Å². The first-order valence-corrected chi connectivity index (χ1v) is 8.11. The molecule has 0 fully saturated rings. The van der Waals surface area contributed by atoms with E-state index in [9.17, 15) is 21.6 Å². The van der Waals surface area contributed by atoms with Crippen molar-refractivity contribution in [2.45, 2.75) is 19.1 Å². The van der Waals surface area contributed by atoms with Crippen LogP contribution in [0.25, 0.3) is 0 Å². The Balaban J connectivity index is 2.20. The van der Waals surface area contributed by atoms with Crippen molar-refractivity contribution >= 4 is 26.5 Å². The summed E-state index contributed by atoms with van der Waals surface area (Å²) in [6.45, 7) is -0.500. The predicted octanol–water partition coefficient (Wildman–Crippen LogP) is 1.07. The van der Waals surface area contributed by atoms with Crippen molar-refractivity contribution in [1.29, 1.82) is 5.26 Å². The Bertz CT molecular complexity index is 676. The molecule has 6 nitrogen and oxygen atoms in total. The van der Waals surface area contributed by atoms with E-state index in [2.05, 4.69) is 5.32 Å². The van der Waals surface area contributed by atoms with Crippen LogP contribution in [0.1, 0.15) is 16.0 Å². The highest BCUT2D eigenvalue weighted by atomic mass is 32.2. The molecule has 0 saturated carbocycles. The predicted molar refractivity (Wildman–Crippen MR) is 71.0 cm³/mol. The molecule has 116 valence electrons. The molecule has 1 aromatic heterocycles. The van der Waals surface area contributed by atoms with E-state index in [1.54, 1.807) is 0 Å². The summed E-state index contributed by atoms with van der Waals surface area (Å²) < 4.78 is 62.7. The molecule has 2 rings (SSSR count). The number of halogens is 3. The lowest BCUT2D eigenvalue weighted by Gasteiger charge is -2.11. The SMILES string of the molecule is N#Cc1c(NS(=O)(=O)NCC(F)(F)F)sc2c1CCNC2. The smallest absolute Gasteiger partial charge is 0.312 e. The van der Waals surface area contributed by atoms with Gasteiger partial charge in [-0.3, -0.25) is 4.72 Å². The van der Waals surface area contributed by atoms with Crippen molar-refractivity contribution < 1.29 is 21.6 Å². The summed E-state index contributed by atoms with van der Waals surface area (Å²) in [6.07, 6.45) is -4.07. The van der Waals surface area contributed by atoms with Gasteiger partial charge in [-0.1, -0.05) is 0 Å². The van der Waals surface area contributed by atoms with Crippen molar-refractivity contribution in [3.8, 4) is 6.07 Å². The summed E-state index contributed by atoms with van der Waals surface area (Å²) in [5.74, 6) is 0. The maximum Gasteiger partial charge on any atom is 0.402 e. The van der Waals surface area contributed by atoms with E-state index in [1.165, 1.54) is 4.72 Å². The molecule has 0 bridgehead atoms. The Labute approximate surface area is 123 Å². The molecule has 0 aliphatic carbocycles. The highest BCUT2D eigenvalue weighted by molar-refractivity contribution is 7.91. The van der Waals surface area contributed by atoms with Crippen molar-refractivity contribution in [3.05, 3.63) is 16.0 Å². The van der Waals surface area contributed by atoms with Crippen molar-refractivity contribution in [1.82, 2.24) is 10.0 Å². The van der Waals surface area contributed by atoms with E-state index in [0.717, 1.165) is 21.8 Å². The summed E-state index contributed by atoms with van der Waals surface area (Å²) in [5.41, 5.74) is 0.920. The van der Waals surface area contributed by atoms with Gasteiger partial charge in [-0.25, -0.2) is 0 Å². The van der Waals surface area contributed by atoms with Crippen LogP contribution in [0, 0.1) is 11.3 Å². The Morgan fingerprint density at radius 2 is 2.14 bits per heavy atom. The lowest BCUT2D eigenvalue weighted by atomic mass is 10.1. The monoisotopic (exact) mass is 340 g/mol. The normalized spacial score (nSPS) is 15.3. The zero-order valence-electron chi connectivity index (χ0n) is 10.5. The zero-order chi connectivity index (χ0) is 15.7. The van der Waals surface area contributed by atoms with Gasteiger partial charge in [0.25, 0.3) is 10.2 Å². The van der Waals surface area contributed by atoms with Gasteiger partial charge in [0.05, 0.1) is 5.56 Å². The van der Waals surface area contributed by atoms with Crippen LogP contribution >= 0.6 is 11.3 Å². The Morgan fingerprint density at radius 3 is 2.76 bits per heavy atom. The molecule has 0 saturated heterocycles. The fourth-order valence-electron chi connectivity index (χ4n) is 1.86. The molecule has 1 aromatic rings. The van der Waals surface area contributed by atoms with E-state index < -0.39 is 22.9 Å². The molecule has 11 heteroatoms. The third-order valence-corrected chi connectivity index (χ3v) is 5.00. The van der Waals surface area contributed by atoms with Gasteiger partial charge in [0.2, 0.25) is 0 Å². The topological polar surface area (TPSA) is 94.0 Å². The lowest BCUT2D eigenvalue weighted by molar-refractivity contribution is -0.121. The summed E-state index contributed by atoms with van der Waals surface area (Å²) in [6, 6.07) is 1.90. The summed E-state index contributed by atoms with van der Waals surface area (Å²) in [5, 5.41) is 12.2. The number of thiophene rings is 1. The third kappa shape index (κ3) is 4.07. The second-order valence-electron chi connectivity index (χ2n) is 4.29. The number of nitriles is 1. The Kier molecular flexibility index (Phi) is 4.43. The van der Waals surface area contributed by atoms with Crippen LogP contribution in [-0.4, -0.2) is 27.7 Å². The second-order valence-corrected chi connectivity index (χ2v) is 6.89. The number of hydrogen-bond acceptors (Lipinski definition) is 5. The molecule has 0 unspecified atom stereocenters. The first kappa shape index (κ1) is 16.0. The van der Waals surface area contributed by atoms with E-state index in [1.807, 2.05) is 10.8 Å². The molecule has 2 heterocycles. The minimum atomic E-state index is -4.65. The van der Waals surface area contributed by atoms with Crippen molar-refractivity contribution in [2.24, 2.45) is 0 Å². The van der Waals surface area contributed by atoms with Crippen LogP contribution < -0.4 is 14.8 Å². The van der Waals surface area contributed by atoms with Gasteiger partial charge in [-0.2, -0.15) is 31.6 Å². The van der Waals surface area contributed by atoms with Crippen LogP contribution in [0.5, 0.6) is 0 Å². The molecule has 0 amide bonds. The third-order valence-electron chi connectivity index (χ3n) is 2.73. The summed E-state index contributed by atoms with van der Waals surface area (Å²) in [7, 11) is -4.38. The van der Waals surface area contributed by atoms with Gasteiger partial charge < -0.3 is 5.32 Å². The van der Waals surface area contributed by atoms with Gasteiger partial charge in [0.1, 0.15) is 17.6 Å². The summed E-state index contributed by atoms with van der Waals surface area (Å²) in [4.78, 5) is 0.811. The van der Waals surface area contributed by atoms with E-state index in [0.29, 0.717) is 19.5 Å². The molecular weight excluding hydrogens is 329 g/mol. The molecule has 1 aliphatic rings. The lowest BCUT2D eigenvalue weighted by Crippen LogP contribution is -2.37. The number of rotatable bonds is 4. The molecule has 0 atom stereocenters. The molecule has 0 aromatic carbocycles. The van der Waals surface area contributed by atoms with Gasteiger partial charge in [-0.05, 0) is 18.5 Å². The molecular formula is C10H11F3N4O2S2. The first-order chi connectivity index (χ1) is 9.72. The summed E-state index contributed by atoms with van der Waals surface area (Å²) >= 11 is 1.05. The second kappa shape index (κ2) is 5.80. The fourth-order valence-corrected chi connectivity index (χ4v) is 4.15. The highest BCUT2D eigenvalue weighted by Crippen LogP contribution is 2.35. The maximum atomic E-state index is 12.0. The Morgan fingerprint density at radius 1 is 1.43 bits per heavy atom. The van der Waals surface area contributed by atoms with Gasteiger partial charge in [0, 0.05) is 11.4 Å². The number of nitrogens with zero attached hydrogens (tertiary/aromatic N) is 1. The van der Waals surface area contributed by atoms with Crippen LogP contribution in [0.3, 0.4) is 0 Å². The van der Waals surface area contributed by atoms with Crippen LogP contribution in [-0.2, 0) is 23.2 Å². The van der Waals surface area contributed by atoms with Crippen molar-refractivity contribution in [2.75, 3.05) is 17.8 Å². The Hall–Kier alpha value is -1.35.